The molecule has 8 nitrogen and oxygen atoms in total. The van der Waals surface area contributed by atoms with Gasteiger partial charge in [0.05, 0.1) is 37.5 Å². The Morgan fingerprint density at radius 2 is 1.94 bits per heavy atom. The van der Waals surface area contributed by atoms with Crippen LogP contribution in [-0.4, -0.2) is 73.5 Å². The maximum atomic E-state index is 9.26. The second-order valence-corrected chi connectivity index (χ2v) is 10.3. The van der Waals surface area contributed by atoms with Crippen LogP contribution in [0.1, 0.15) is 42.7 Å². The first-order valence-corrected chi connectivity index (χ1v) is 12.5. The Kier molecular flexibility index (Phi) is 5.85. The van der Waals surface area contributed by atoms with Crippen molar-refractivity contribution in [3.8, 4) is 6.07 Å². The van der Waals surface area contributed by atoms with Crippen molar-refractivity contribution in [1.29, 1.82) is 5.26 Å². The fraction of sp³-hybridized carbons (Fsp3) is 0.577. The molecule has 4 aliphatic heterocycles. The van der Waals surface area contributed by atoms with Crippen LogP contribution in [-0.2, 0) is 9.47 Å². The number of nitrogens with one attached hydrogen (secondary N) is 1. The molecule has 1 atom stereocenters. The number of anilines is 3. The van der Waals surface area contributed by atoms with Gasteiger partial charge in [-0.1, -0.05) is 0 Å². The van der Waals surface area contributed by atoms with Crippen molar-refractivity contribution in [2.45, 2.75) is 37.6 Å². The summed E-state index contributed by atoms with van der Waals surface area (Å²) in [7, 11) is 0. The van der Waals surface area contributed by atoms with Crippen LogP contribution in [0, 0.1) is 16.7 Å². The quantitative estimate of drug-likeness (QED) is 0.728. The third-order valence-corrected chi connectivity index (χ3v) is 8.06. The third kappa shape index (κ3) is 4.36. The molecule has 0 bridgehead atoms. The first kappa shape index (κ1) is 21.8. The van der Waals surface area contributed by atoms with Crippen molar-refractivity contribution in [1.82, 2.24) is 14.9 Å². The van der Waals surface area contributed by atoms with Gasteiger partial charge in [0.15, 0.2) is 0 Å². The lowest BCUT2D eigenvalue weighted by atomic mass is 9.87. The molecular formula is C26H32N6O2. The summed E-state index contributed by atoms with van der Waals surface area (Å²) >= 11 is 0. The molecule has 8 heteroatoms. The molecule has 2 aromatic heterocycles. The largest absolute Gasteiger partial charge is 0.381 e. The molecule has 0 radical (unpaired) electrons. The van der Waals surface area contributed by atoms with E-state index in [1.165, 1.54) is 5.56 Å². The van der Waals surface area contributed by atoms with Crippen LogP contribution < -0.4 is 10.2 Å². The monoisotopic (exact) mass is 460 g/mol. The number of nitriles is 1. The van der Waals surface area contributed by atoms with E-state index in [0.29, 0.717) is 23.3 Å². The highest BCUT2D eigenvalue weighted by Crippen LogP contribution is 2.41. The van der Waals surface area contributed by atoms with Crippen molar-refractivity contribution in [3.63, 3.8) is 0 Å². The van der Waals surface area contributed by atoms with Gasteiger partial charge in [0, 0.05) is 31.3 Å². The molecule has 4 saturated heterocycles. The Bertz CT molecular complexity index is 1070. The normalized spacial score (nSPS) is 26.0. The number of hydrogen-bond acceptors (Lipinski definition) is 8. The molecule has 2 aromatic rings. The van der Waals surface area contributed by atoms with Crippen LogP contribution in [0.4, 0.5) is 17.5 Å². The minimum absolute atomic E-state index is 0.282. The molecule has 6 heterocycles. The molecule has 0 aliphatic carbocycles. The topological polar surface area (TPSA) is 86.5 Å². The molecule has 0 aromatic carbocycles. The maximum Gasteiger partial charge on any atom is 0.134 e. The van der Waals surface area contributed by atoms with E-state index in [9.17, 15) is 5.26 Å². The molecule has 34 heavy (non-hydrogen) atoms. The lowest BCUT2D eigenvalue weighted by Crippen LogP contribution is -2.51. The standard InChI is InChI=1S/C26H32N6O2/c27-14-19-1-6-28-23(11-19)29-24-12-21(20-2-7-31(8-3-20)22-15-34-16-22)13-25(30-24)32-9-4-26(17-32)5-10-33-18-26/h1,6,11-13,20,22H,2-5,7-10,15-18H2,(H,28,29,30). The average molecular weight is 461 g/mol. The smallest absolute Gasteiger partial charge is 0.134 e. The fourth-order valence-electron chi connectivity index (χ4n) is 5.83. The van der Waals surface area contributed by atoms with Crippen molar-refractivity contribution >= 4 is 17.5 Å². The molecule has 178 valence electrons. The van der Waals surface area contributed by atoms with Crippen molar-refractivity contribution in [3.05, 3.63) is 41.6 Å². The Hall–Kier alpha value is -2.73. The summed E-state index contributed by atoms with van der Waals surface area (Å²) in [6.07, 6.45) is 6.27. The second-order valence-electron chi connectivity index (χ2n) is 10.3. The van der Waals surface area contributed by atoms with Gasteiger partial charge in [-0.25, -0.2) is 9.97 Å². The number of hydrogen-bond donors (Lipinski definition) is 1. The lowest BCUT2D eigenvalue weighted by Gasteiger charge is -2.41. The summed E-state index contributed by atoms with van der Waals surface area (Å²) in [5, 5.41) is 12.6. The minimum Gasteiger partial charge on any atom is -0.381 e. The average Bonchev–Trinajstić information content (AvgIpc) is 3.48. The minimum atomic E-state index is 0.282. The highest BCUT2D eigenvalue weighted by atomic mass is 16.5. The van der Waals surface area contributed by atoms with E-state index < -0.39 is 0 Å². The van der Waals surface area contributed by atoms with Crippen LogP contribution in [0.2, 0.25) is 0 Å². The number of nitrogens with zero attached hydrogens (tertiary/aromatic N) is 5. The Balaban J connectivity index is 1.25. The molecule has 1 unspecified atom stereocenters. The van der Waals surface area contributed by atoms with Crippen LogP contribution >= 0.6 is 0 Å². The number of aromatic nitrogens is 2. The Labute approximate surface area is 200 Å². The Morgan fingerprint density at radius 3 is 2.68 bits per heavy atom. The summed E-state index contributed by atoms with van der Waals surface area (Å²) < 4.78 is 11.1. The molecule has 4 aliphatic rings. The molecule has 0 saturated carbocycles. The predicted molar refractivity (Wildman–Crippen MR) is 129 cm³/mol. The molecule has 4 fully saturated rings. The van der Waals surface area contributed by atoms with E-state index in [1.807, 2.05) is 0 Å². The number of ether oxygens (including phenoxy) is 2. The molecular weight excluding hydrogens is 428 g/mol. The van der Waals surface area contributed by atoms with Gasteiger partial charge in [0.1, 0.15) is 17.5 Å². The van der Waals surface area contributed by atoms with E-state index >= 15 is 0 Å². The first-order chi connectivity index (χ1) is 16.7. The van der Waals surface area contributed by atoms with Gasteiger partial charge in [-0.15, -0.1) is 0 Å². The summed E-state index contributed by atoms with van der Waals surface area (Å²) in [5.74, 6) is 3.00. The molecule has 0 amide bonds. The van der Waals surface area contributed by atoms with Crippen molar-refractivity contribution in [2.75, 3.05) is 62.8 Å². The highest BCUT2D eigenvalue weighted by molar-refractivity contribution is 5.59. The van der Waals surface area contributed by atoms with Crippen LogP contribution in [0.25, 0.3) is 0 Å². The van der Waals surface area contributed by atoms with E-state index in [0.717, 1.165) is 89.9 Å². The molecule has 6 rings (SSSR count). The van der Waals surface area contributed by atoms with Gasteiger partial charge in [-0.3, -0.25) is 4.90 Å². The zero-order valence-corrected chi connectivity index (χ0v) is 19.6. The fourth-order valence-corrected chi connectivity index (χ4v) is 5.83. The van der Waals surface area contributed by atoms with Gasteiger partial charge in [0.2, 0.25) is 0 Å². The number of piperidine rings is 1. The zero-order chi connectivity index (χ0) is 23.0. The number of pyridine rings is 2. The maximum absolute atomic E-state index is 9.26. The van der Waals surface area contributed by atoms with Gasteiger partial charge in [0.25, 0.3) is 0 Å². The lowest BCUT2D eigenvalue weighted by molar-refractivity contribution is -0.0712. The SMILES string of the molecule is N#Cc1ccnc(Nc2cc(C3CCN(C4COC4)CC3)cc(N3CCC4(CCOC4)C3)n2)c1. The number of rotatable bonds is 5. The summed E-state index contributed by atoms with van der Waals surface area (Å²) in [4.78, 5) is 14.4. The van der Waals surface area contributed by atoms with Gasteiger partial charge >= 0.3 is 0 Å². The van der Waals surface area contributed by atoms with Crippen LogP contribution in [0.15, 0.2) is 30.5 Å². The second kappa shape index (κ2) is 9.14. The molecule has 1 N–H and O–H groups in total. The Morgan fingerprint density at radius 1 is 1.06 bits per heavy atom. The third-order valence-electron chi connectivity index (χ3n) is 8.06. The summed E-state index contributed by atoms with van der Waals surface area (Å²) in [6.45, 7) is 7.76. The van der Waals surface area contributed by atoms with Gasteiger partial charge in [-0.2, -0.15) is 5.26 Å². The van der Waals surface area contributed by atoms with Crippen LogP contribution in [0.5, 0.6) is 0 Å². The van der Waals surface area contributed by atoms with Gasteiger partial charge in [-0.05, 0) is 74.5 Å². The van der Waals surface area contributed by atoms with Crippen molar-refractivity contribution in [2.24, 2.45) is 5.41 Å². The highest BCUT2D eigenvalue weighted by Gasteiger charge is 2.42. The van der Waals surface area contributed by atoms with Crippen molar-refractivity contribution < 1.29 is 9.47 Å². The summed E-state index contributed by atoms with van der Waals surface area (Å²) in [6, 6.07) is 10.8. The predicted octanol–water partition coefficient (Wildman–Crippen LogP) is 3.29. The first-order valence-electron chi connectivity index (χ1n) is 12.5. The van der Waals surface area contributed by atoms with E-state index in [1.54, 1.807) is 18.3 Å². The number of likely N-dealkylation sites (tertiary alicyclic amines) is 1. The van der Waals surface area contributed by atoms with Gasteiger partial charge < -0.3 is 19.7 Å². The zero-order valence-electron chi connectivity index (χ0n) is 19.6. The molecule has 1 spiro atoms. The van der Waals surface area contributed by atoms with E-state index in [2.05, 4.69) is 38.3 Å². The van der Waals surface area contributed by atoms with Crippen LogP contribution in [0.3, 0.4) is 0 Å². The summed E-state index contributed by atoms with van der Waals surface area (Å²) in [5.41, 5.74) is 2.21. The van der Waals surface area contributed by atoms with E-state index in [-0.39, 0.29) is 5.41 Å². The van der Waals surface area contributed by atoms with E-state index in [4.69, 9.17) is 14.5 Å².